The summed E-state index contributed by atoms with van der Waals surface area (Å²) < 4.78 is 27.8. The fourth-order valence-electron chi connectivity index (χ4n) is 3.77. The van der Waals surface area contributed by atoms with Crippen LogP contribution in [0.5, 0.6) is 0 Å². The van der Waals surface area contributed by atoms with E-state index in [0.717, 1.165) is 42.1 Å². The number of hydrogen-bond donors (Lipinski definition) is 2. The summed E-state index contributed by atoms with van der Waals surface area (Å²) in [6, 6.07) is 14.7. The Kier molecular flexibility index (Phi) is 8.54. The van der Waals surface area contributed by atoms with Crippen molar-refractivity contribution in [1.29, 1.82) is 0 Å². The predicted molar refractivity (Wildman–Crippen MR) is 127 cm³/mol. The van der Waals surface area contributed by atoms with E-state index in [4.69, 9.17) is 0 Å². The van der Waals surface area contributed by atoms with Crippen LogP contribution in [0.3, 0.4) is 0 Å². The smallest absolute Gasteiger partial charge is 0.240 e. The van der Waals surface area contributed by atoms with Gasteiger partial charge in [0.2, 0.25) is 15.9 Å². The highest BCUT2D eigenvalue weighted by Gasteiger charge is 2.23. The van der Waals surface area contributed by atoms with Crippen molar-refractivity contribution in [1.82, 2.24) is 9.62 Å². The van der Waals surface area contributed by atoms with Gasteiger partial charge in [-0.15, -0.1) is 11.8 Å². The Hall–Kier alpha value is -1.87. The lowest BCUT2D eigenvalue weighted by molar-refractivity contribution is -0.116. The van der Waals surface area contributed by atoms with Crippen molar-refractivity contribution >= 4 is 33.4 Å². The van der Waals surface area contributed by atoms with Crippen molar-refractivity contribution < 1.29 is 13.2 Å². The van der Waals surface area contributed by atoms with E-state index in [0.29, 0.717) is 24.4 Å². The van der Waals surface area contributed by atoms with Gasteiger partial charge in [0.1, 0.15) is 0 Å². The standard InChI is InChI=1S/C23H31N3O3S2/c1-18-9-11-20(12-10-18)31(28,29)24-16-19-6-5-14-26(17-19)15-13-23(27)25-21-7-3-4-8-22(21)30-2/h3-4,7-12,19,24H,5-6,13-17H2,1-2H3,(H,25,27). The van der Waals surface area contributed by atoms with Gasteiger partial charge in [0.15, 0.2) is 0 Å². The number of amides is 1. The number of sulfonamides is 1. The second-order valence-electron chi connectivity index (χ2n) is 7.97. The van der Waals surface area contributed by atoms with Gasteiger partial charge >= 0.3 is 0 Å². The first kappa shape index (κ1) is 23.8. The number of likely N-dealkylation sites (tertiary alicyclic amines) is 1. The summed E-state index contributed by atoms with van der Waals surface area (Å²) >= 11 is 1.61. The van der Waals surface area contributed by atoms with Gasteiger partial charge in [-0.3, -0.25) is 4.79 Å². The highest BCUT2D eigenvalue weighted by molar-refractivity contribution is 7.98. The molecule has 0 bridgehead atoms. The zero-order valence-electron chi connectivity index (χ0n) is 18.1. The van der Waals surface area contributed by atoms with E-state index in [-0.39, 0.29) is 11.8 Å². The largest absolute Gasteiger partial charge is 0.325 e. The van der Waals surface area contributed by atoms with E-state index in [9.17, 15) is 13.2 Å². The molecule has 0 aliphatic carbocycles. The number of anilines is 1. The van der Waals surface area contributed by atoms with Crippen LogP contribution in [0.15, 0.2) is 58.3 Å². The van der Waals surface area contributed by atoms with E-state index < -0.39 is 10.0 Å². The molecule has 8 heteroatoms. The number of nitrogens with zero attached hydrogens (tertiary/aromatic N) is 1. The number of aryl methyl sites for hydroxylation is 1. The number of nitrogens with one attached hydrogen (secondary N) is 2. The third-order valence-electron chi connectivity index (χ3n) is 5.53. The number of para-hydroxylation sites is 1. The molecule has 2 aromatic carbocycles. The average molecular weight is 462 g/mol. The summed E-state index contributed by atoms with van der Waals surface area (Å²) in [6.07, 6.45) is 4.41. The predicted octanol–water partition coefficient (Wildman–Crippen LogP) is 3.74. The molecule has 2 aromatic rings. The zero-order chi connectivity index (χ0) is 22.3. The summed E-state index contributed by atoms with van der Waals surface area (Å²) in [5.41, 5.74) is 1.88. The molecule has 3 rings (SSSR count). The molecular weight excluding hydrogens is 430 g/mol. The Morgan fingerprint density at radius 1 is 1.16 bits per heavy atom. The van der Waals surface area contributed by atoms with Crippen LogP contribution < -0.4 is 10.0 Å². The Morgan fingerprint density at radius 3 is 2.65 bits per heavy atom. The Bertz CT molecular complexity index is 978. The second kappa shape index (κ2) is 11.1. The first-order valence-electron chi connectivity index (χ1n) is 10.6. The summed E-state index contributed by atoms with van der Waals surface area (Å²) in [6.45, 7) is 4.76. The number of carbonyl (C=O) groups is 1. The second-order valence-corrected chi connectivity index (χ2v) is 10.6. The van der Waals surface area contributed by atoms with Crippen molar-refractivity contribution in [2.24, 2.45) is 5.92 Å². The third-order valence-corrected chi connectivity index (χ3v) is 7.77. The molecule has 0 radical (unpaired) electrons. The molecule has 6 nitrogen and oxygen atoms in total. The fourth-order valence-corrected chi connectivity index (χ4v) is 5.44. The van der Waals surface area contributed by atoms with Crippen molar-refractivity contribution in [3.05, 3.63) is 54.1 Å². The lowest BCUT2D eigenvalue weighted by Gasteiger charge is -2.32. The third kappa shape index (κ3) is 7.07. The first-order chi connectivity index (χ1) is 14.9. The molecule has 1 heterocycles. The maximum absolute atomic E-state index is 12.5. The molecule has 0 spiro atoms. The SMILES string of the molecule is CSc1ccccc1NC(=O)CCN1CCCC(CNS(=O)(=O)c2ccc(C)cc2)C1. The molecule has 0 aromatic heterocycles. The van der Waals surface area contributed by atoms with Crippen LogP contribution in [0.2, 0.25) is 0 Å². The monoisotopic (exact) mass is 461 g/mol. The molecule has 31 heavy (non-hydrogen) atoms. The molecule has 2 N–H and O–H groups in total. The Morgan fingerprint density at radius 2 is 1.90 bits per heavy atom. The molecule has 1 fully saturated rings. The number of benzene rings is 2. The maximum Gasteiger partial charge on any atom is 0.240 e. The molecule has 0 saturated carbocycles. The van der Waals surface area contributed by atoms with Crippen LogP contribution in [0.25, 0.3) is 0 Å². The lowest BCUT2D eigenvalue weighted by Crippen LogP contribution is -2.41. The number of hydrogen-bond acceptors (Lipinski definition) is 5. The molecule has 1 atom stereocenters. The fraction of sp³-hybridized carbons (Fsp3) is 0.435. The maximum atomic E-state index is 12.5. The quantitative estimate of drug-likeness (QED) is 0.556. The minimum absolute atomic E-state index is 0.00342. The van der Waals surface area contributed by atoms with E-state index in [1.54, 1.807) is 36.0 Å². The highest BCUT2D eigenvalue weighted by Crippen LogP contribution is 2.25. The van der Waals surface area contributed by atoms with Gasteiger partial charge in [0.25, 0.3) is 0 Å². The number of carbonyl (C=O) groups excluding carboxylic acids is 1. The Balaban J connectivity index is 1.46. The van der Waals surface area contributed by atoms with Gasteiger partial charge in [0, 0.05) is 31.0 Å². The summed E-state index contributed by atoms with van der Waals surface area (Å²) in [4.78, 5) is 16.0. The van der Waals surface area contributed by atoms with Crippen molar-refractivity contribution in [2.75, 3.05) is 37.8 Å². The van der Waals surface area contributed by atoms with Crippen molar-refractivity contribution in [2.45, 2.75) is 36.0 Å². The van der Waals surface area contributed by atoms with Gasteiger partial charge in [-0.05, 0) is 62.7 Å². The Labute approximate surface area is 189 Å². The number of thioether (sulfide) groups is 1. The molecule has 1 aliphatic heterocycles. The average Bonchev–Trinajstić information content (AvgIpc) is 2.77. The van der Waals surface area contributed by atoms with Gasteiger partial charge < -0.3 is 10.2 Å². The molecule has 168 valence electrons. The van der Waals surface area contributed by atoms with Gasteiger partial charge in [-0.1, -0.05) is 29.8 Å². The van der Waals surface area contributed by atoms with Gasteiger partial charge in [0.05, 0.1) is 10.6 Å². The summed E-state index contributed by atoms with van der Waals surface area (Å²) in [7, 11) is -3.50. The van der Waals surface area contributed by atoms with Crippen molar-refractivity contribution in [3.63, 3.8) is 0 Å². The zero-order valence-corrected chi connectivity index (χ0v) is 19.8. The van der Waals surface area contributed by atoms with Crippen LogP contribution >= 0.6 is 11.8 Å². The van der Waals surface area contributed by atoms with Crippen LogP contribution in [0, 0.1) is 12.8 Å². The van der Waals surface area contributed by atoms with Crippen molar-refractivity contribution in [3.8, 4) is 0 Å². The van der Waals surface area contributed by atoms with E-state index in [1.807, 2.05) is 37.4 Å². The van der Waals surface area contributed by atoms with E-state index in [1.165, 1.54) is 0 Å². The lowest BCUT2D eigenvalue weighted by atomic mass is 9.98. The first-order valence-corrected chi connectivity index (χ1v) is 13.3. The number of piperidine rings is 1. The normalized spacial score (nSPS) is 17.4. The van der Waals surface area contributed by atoms with E-state index >= 15 is 0 Å². The molecule has 1 amide bonds. The van der Waals surface area contributed by atoms with Gasteiger partial charge in [-0.25, -0.2) is 13.1 Å². The van der Waals surface area contributed by atoms with Crippen LogP contribution in [-0.2, 0) is 14.8 Å². The van der Waals surface area contributed by atoms with Crippen LogP contribution in [0.4, 0.5) is 5.69 Å². The van der Waals surface area contributed by atoms with Gasteiger partial charge in [-0.2, -0.15) is 0 Å². The topological polar surface area (TPSA) is 78.5 Å². The molecule has 1 aliphatic rings. The molecule has 1 unspecified atom stereocenters. The molecular formula is C23H31N3O3S2. The summed E-state index contributed by atoms with van der Waals surface area (Å²) in [5.74, 6) is 0.248. The number of rotatable bonds is 9. The summed E-state index contributed by atoms with van der Waals surface area (Å²) in [5, 5.41) is 3.00. The van der Waals surface area contributed by atoms with Crippen LogP contribution in [0.1, 0.15) is 24.8 Å². The molecule has 1 saturated heterocycles. The highest BCUT2D eigenvalue weighted by atomic mass is 32.2. The minimum atomic E-state index is -3.50. The van der Waals surface area contributed by atoms with E-state index in [2.05, 4.69) is 14.9 Å². The van der Waals surface area contributed by atoms with Crippen LogP contribution in [-0.4, -0.2) is 51.7 Å². The minimum Gasteiger partial charge on any atom is -0.325 e.